The van der Waals surface area contributed by atoms with Crippen molar-refractivity contribution in [3.8, 4) is 0 Å². The molecule has 2 amide bonds. The number of amides is 2. The lowest BCUT2D eigenvalue weighted by atomic mass is 10.1. The van der Waals surface area contributed by atoms with Gasteiger partial charge in [-0.25, -0.2) is 17.6 Å². The number of rotatable bonds is 2. The van der Waals surface area contributed by atoms with E-state index in [9.17, 15) is 17.6 Å². The van der Waals surface area contributed by atoms with Crippen LogP contribution in [0.25, 0.3) is 0 Å². The Bertz CT molecular complexity index is 666. The zero-order valence-corrected chi connectivity index (χ0v) is 14.5. The van der Waals surface area contributed by atoms with Crippen molar-refractivity contribution >= 4 is 15.9 Å². The third-order valence-corrected chi connectivity index (χ3v) is 5.92. The van der Waals surface area contributed by atoms with Crippen LogP contribution in [0.5, 0.6) is 0 Å². The first kappa shape index (κ1) is 17.7. The predicted molar refractivity (Wildman–Crippen MR) is 86.5 cm³/mol. The van der Waals surface area contributed by atoms with Gasteiger partial charge in [0, 0.05) is 18.6 Å². The molecule has 1 aliphatic heterocycles. The molecule has 1 unspecified atom stereocenters. The fraction of sp³-hybridized carbons (Fsp3) is 0.562. The number of hydrogen-bond donors (Lipinski definition) is 1. The lowest BCUT2D eigenvalue weighted by molar-refractivity contribution is 0.178. The fourth-order valence-corrected chi connectivity index (χ4v) is 4.35. The molecule has 7 heteroatoms. The number of benzene rings is 1. The van der Waals surface area contributed by atoms with Crippen molar-refractivity contribution in [2.24, 2.45) is 0 Å². The summed E-state index contributed by atoms with van der Waals surface area (Å²) in [5, 5.41) is 2.19. The molecular weight excluding hydrogens is 319 g/mol. The number of halogens is 1. The summed E-state index contributed by atoms with van der Waals surface area (Å²) in [6, 6.07) is 4.58. The van der Waals surface area contributed by atoms with E-state index in [-0.39, 0.29) is 23.0 Å². The molecule has 1 N–H and O–H groups in total. The molecule has 1 heterocycles. The number of hydrogen-bond acceptors (Lipinski definition) is 3. The van der Waals surface area contributed by atoms with Crippen molar-refractivity contribution in [2.45, 2.75) is 49.3 Å². The lowest BCUT2D eigenvalue weighted by Crippen LogP contribution is -2.53. The smallest absolute Gasteiger partial charge is 0.317 e. The molecule has 128 valence electrons. The Balaban J connectivity index is 2.14. The standard InChI is InChI=1S/C16H23FN2O3S/c1-16(2,3)18-15(20)19-10-4-5-14(11-19)23(21,22)13-8-6-12(17)7-9-13/h6-9,14H,4-5,10-11H2,1-3H3,(H,18,20). The third-order valence-electron chi connectivity index (χ3n) is 3.73. The highest BCUT2D eigenvalue weighted by molar-refractivity contribution is 7.92. The Kier molecular flexibility index (Phi) is 4.98. The molecule has 0 bridgehead atoms. The average molecular weight is 342 g/mol. The molecule has 0 saturated carbocycles. The summed E-state index contributed by atoms with van der Waals surface area (Å²) in [6.07, 6.45) is 1.13. The summed E-state index contributed by atoms with van der Waals surface area (Å²) >= 11 is 0. The molecule has 0 radical (unpaired) electrons. The highest BCUT2D eigenvalue weighted by Crippen LogP contribution is 2.24. The first-order valence-electron chi connectivity index (χ1n) is 7.66. The van der Waals surface area contributed by atoms with E-state index in [4.69, 9.17) is 0 Å². The zero-order valence-electron chi connectivity index (χ0n) is 13.7. The average Bonchev–Trinajstić information content (AvgIpc) is 2.46. The molecule has 23 heavy (non-hydrogen) atoms. The molecule has 1 aromatic carbocycles. The van der Waals surface area contributed by atoms with Gasteiger partial charge in [0.2, 0.25) is 0 Å². The summed E-state index contributed by atoms with van der Waals surface area (Å²) in [5.74, 6) is -0.473. The highest BCUT2D eigenvalue weighted by atomic mass is 32.2. The monoisotopic (exact) mass is 342 g/mol. The lowest BCUT2D eigenvalue weighted by Gasteiger charge is -2.34. The predicted octanol–water partition coefficient (Wildman–Crippen LogP) is 2.57. The number of urea groups is 1. The van der Waals surface area contributed by atoms with Crippen LogP contribution in [0.4, 0.5) is 9.18 Å². The molecule has 1 saturated heterocycles. The molecule has 0 spiro atoms. The zero-order chi connectivity index (χ0) is 17.3. The Hall–Kier alpha value is -1.63. The summed E-state index contributed by atoms with van der Waals surface area (Å²) in [7, 11) is -3.58. The van der Waals surface area contributed by atoms with Gasteiger partial charge < -0.3 is 10.2 Å². The van der Waals surface area contributed by atoms with Gasteiger partial charge in [0.1, 0.15) is 5.82 Å². The maximum atomic E-state index is 13.0. The van der Waals surface area contributed by atoms with Crippen molar-refractivity contribution in [3.63, 3.8) is 0 Å². The van der Waals surface area contributed by atoms with Gasteiger partial charge in [0.15, 0.2) is 9.84 Å². The molecule has 0 aliphatic carbocycles. The summed E-state index contributed by atoms with van der Waals surface area (Å²) in [4.78, 5) is 13.9. The number of nitrogens with zero attached hydrogens (tertiary/aromatic N) is 1. The minimum atomic E-state index is -3.58. The van der Waals surface area contributed by atoms with E-state index in [2.05, 4.69) is 5.32 Å². The summed E-state index contributed by atoms with van der Waals surface area (Å²) < 4.78 is 38.3. The number of sulfone groups is 1. The van der Waals surface area contributed by atoms with Crippen LogP contribution in [0.3, 0.4) is 0 Å². The number of likely N-dealkylation sites (tertiary alicyclic amines) is 1. The van der Waals surface area contributed by atoms with E-state index in [1.807, 2.05) is 20.8 Å². The van der Waals surface area contributed by atoms with Crippen LogP contribution in [0.1, 0.15) is 33.6 Å². The fourth-order valence-electron chi connectivity index (χ4n) is 2.59. The minimum absolute atomic E-state index is 0.0991. The van der Waals surface area contributed by atoms with E-state index in [1.54, 1.807) is 4.90 Å². The molecule has 1 atom stereocenters. The summed E-state index contributed by atoms with van der Waals surface area (Å²) in [6.45, 7) is 6.32. The SMILES string of the molecule is CC(C)(C)NC(=O)N1CCCC(S(=O)(=O)c2ccc(F)cc2)C1. The van der Waals surface area contributed by atoms with E-state index < -0.39 is 20.9 Å². The molecule has 1 fully saturated rings. The molecule has 1 aliphatic rings. The van der Waals surface area contributed by atoms with Gasteiger partial charge in [-0.1, -0.05) is 0 Å². The number of carbonyl (C=O) groups excluding carboxylic acids is 1. The molecule has 0 aromatic heterocycles. The Labute approximate surface area is 136 Å². The third kappa shape index (κ3) is 4.43. The minimum Gasteiger partial charge on any atom is -0.333 e. The second-order valence-corrected chi connectivity index (χ2v) is 9.12. The van der Waals surface area contributed by atoms with Crippen molar-refractivity contribution in [1.29, 1.82) is 0 Å². The topological polar surface area (TPSA) is 66.5 Å². The number of nitrogens with one attached hydrogen (secondary N) is 1. The van der Waals surface area contributed by atoms with E-state index in [1.165, 1.54) is 12.1 Å². The van der Waals surface area contributed by atoms with Gasteiger partial charge in [-0.15, -0.1) is 0 Å². The van der Waals surface area contributed by atoms with Gasteiger partial charge in [-0.05, 0) is 57.9 Å². The van der Waals surface area contributed by atoms with Crippen LogP contribution >= 0.6 is 0 Å². The van der Waals surface area contributed by atoms with Gasteiger partial charge >= 0.3 is 6.03 Å². The Morgan fingerprint density at radius 3 is 2.43 bits per heavy atom. The van der Waals surface area contributed by atoms with Gasteiger partial charge in [-0.2, -0.15) is 0 Å². The van der Waals surface area contributed by atoms with Crippen molar-refractivity contribution in [3.05, 3.63) is 30.1 Å². The summed E-state index contributed by atoms with van der Waals surface area (Å²) in [5.41, 5.74) is -0.375. The van der Waals surface area contributed by atoms with Crippen LogP contribution in [0.2, 0.25) is 0 Å². The Morgan fingerprint density at radius 1 is 1.26 bits per heavy atom. The number of carbonyl (C=O) groups is 1. The van der Waals surface area contributed by atoms with E-state index >= 15 is 0 Å². The first-order valence-corrected chi connectivity index (χ1v) is 9.21. The largest absolute Gasteiger partial charge is 0.333 e. The van der Waals surface area contributed by atoms with Gasteiger partial charge in [-0.3, -0.25) is 0 Å². The maximum absolute atomic E-state index is 13.0. The Morgan fingerprint density at radius 2 is 1.87 bits per heavy atom. The molecule has 1 aromatic rings. The quantitative estimate of drug-likeness (QED) is 0.840. The second-order valence-electron chi connectivity index (χ2n) is 6.89. The van der Waals surface area contributed by atoms with Crippen molar-refractivity contribution < 1.29 is 17.6 Å². The van der Waals surface area contributed by atoms with E-state index in [0.717, 1.165) is 12.1 Å². The van der Waals surface area contributed by atoms with Crippen molar-refractivity contribution in [1.82, 2.24) is 10.2 Å². The van der Waals surface area contributed by atoms with Gasteiger partial charge in [0.05, 0.1) is 10.1 Å². The van der Waals surface area contributed by atoms with Gasteiger partial charge in [0.25, 0.3) is 0 Å². The van der Waals surface area contributed by atoms with Crippen LogP contribution < -0.4 is 5.32 Å². The number of piperidine rings is 1. The van der Waals surface area contributed by atoms with Crippen LogP contribution in [-0.2, 0) is 9.84 Å². The molecule has 5 nitrogen and oxygen atoms in total. The highest BCUT2D eigenvalue weighted by Gasteiger charge is 2.34. The van der Waals surface area contributed by atoms with Crippen molar-refractivity contribution in [2.75, 3.05) is 13.1 Å². The first-order chi connectivity index (χ1) is 10.6. The second kappa shape index (κ2) is 6.47. The van der Waals surface area contributed by atoms with Crippen LogP contribution in [0, 0.1) is 5.82 Å². The van der Waals surface area contributed by atoms with E-state index in [0.29, 0.717) is 19.4 Å². The normalized spacial score (nSPS) is 19.5. The molecular formula is C16H23FN2O3S. The van der Waals surface area contributed by atoms with Crippen LogP contribution in [0.15, 0.2) is 29.2 Å². The maximum Gasteiger partial charge on any atom is 0.317 e. The molecule has 2 rings (SSSR count). The van der Waals surface area contributed by atoms with Crippen LogP contribution in [-0.4, -0.2) is 43.2 Å².